The third kappa shape index (κ3) is 9.14. The number of aryl methyl sites for hydroxylation is 1. The van der Waals surface area contributed by atoms with E-state index in [0.29, 0.717) is 0 Å². The summed E-state index contributed by atoms with van der Waals surface area (Å²) in [5, 5.41) is 0. The van der Waals surface area contributed by atoms with Crippen molar-refractivity contribution in [2.24, 2.45) is 0 Å². The maximum atomic E-state index is 3.00. The molecule has 2 unspecified atom stereocenters. The Morgan fingerprint density at radius 3 is 1.92 bits per heavy atom. The number of likely N-dealkylation sites (N-methyl/N-ethyl adjacent to an activating group) is 1. The van der Waals surface area contributed by atoms with Crippen LogP contribution in [0, 0.1) is 6.92 Å². The van der Waals surface area contributed by atoms with E-state index in [1.54, 1.807) is 0 Å². The van der Waals surface area contributed by atoms with E-state index >= 15 is 0 Å². The Bertz CT molecular complexity index is 1580. The van der Waals surface area contributed by atoms with Crippen LogP contribution in [0.4, 0.5) is 0 Å². The first kappa shape index (κ1) is 45.8. The lowest BCUT2D eigenvalue weighted by molar-refractivity contribution is -0.934. The summed E-state index contributed by atoms with van der Waals surface area (Å²) < 4.78 is 5.21. The molecular formula is C46H74N2S+2. The highest BCUT2D eigenvalue weighted by molar-refractivity contribution is 8.32. The summed E-state index contributed by atoms with van der Waals surface area (Å²) in [6.07, 6.45) is 15.9. The fraction of sp³-hybridized carbons (Fsp3) is 0.478. The molecule has 0 N–H and O–H groups in total. The highest BCUT2D eigenvalue weighted by Gasteiger charge is 2.67. The summed E-state index contributed by atoms with van der Waals surface area (Å²) in [7, 11) is 1.52. The van der Waals surface area contributed by atoms with Crippen LogP contribution in [0.15, 0.2) is 102 Å². The summed E-state index contributed by atoms with van der Waals surface area (Å²) in [6, 6.07) is 21.1. The first-order valence-corrected chi connectivity index (χ1v) is 21.5. The lowest BCUT2D eigenvalue weighted by atomic mass is 9.63. The molecule has 2 heterocycles. The van der Waals surface area contributed by atoms with Crippen LogP contribution in [0.2, 0.25) is 0 Å². The number of allylic oxidation sites excluding steroid dienone is 4. The highest BCUT2D eigenvalue weighted by Crippen LogP contribution is 2.51. The molecule has 2 atom stereocenters. The van der Waals surface area contributed by atoms with Gasteiger partial charge in [-0.15, -0.1) is 17.7 Å². The van der Waals surface area contributed by atoms with E-state index in [2.05, 4.69) is 176 Å². The van der Waals surface area contributed by atoms with Gasteiger partial charge in [-0.1, -0.05) is 97.9 Å². The summed E-state index contributed by atoms with van der Waals surface area (Å²) >= 11 is 0. The van der Waals surface area contributed by atoms with Gasteiger partial charge in [-0.3, -0.25) is 0 Å². The van der Waals surface area contributed by atoms with Crippen molar-refractivity contribution < 1.29 is 9.14 Å². The van der Waals surface area contributed by atoms with Gasteiger partial charge < -0.3 is 0 Å². The van der Waals surface area contributed by atoms with E-state index < -0.39 is 10.0 Å². The van der Waals surface area contributed by atoms with Crippen LogP contribution in [0.25, 0.3) is 22.4 Å². The molecule has 2 nitrogen and oxygen atoms in total. The molecule has 3 aromatic rings. The Morgan fingerprint density at radius 1 is 0.837 bits per heavy atom. The number of benzene rings is 2. The molecule has 49 heavy (non-hydrogen) atoms. The number of hydrogen-bond donors (Lipinski definition) is 0. The number of pyridine rings is 1. The lowest BCUT2D eigenvalue weighted by Crippen LogP contribution is -2.74. The Kier molecular flexibility index (Phi) is 19.2. The molecule has 0 fully saturated rings. The van der Waals surface area contributed by atoms with Crippen molar-refractivity contribution >= 4 is 15.7 Å². The molecule has 1 aliphatic heterocycles. The fourth-order valence-corrected chi connectivity index (χ4v) is 8.05. The molecule has 1 aromatic heterocycles. The van der Waals surface area contributed by atoms with Crippen LogP contribution in [0.3, 0.4) is 0 Å². The first-order chi connectivity index (χ1) is 23.3. The predicted octanol–water partition coefficient (Wildman–Crippen LogP) is 13.3. The number of nitrogens with zero attached hydrogens (tertiary/aromatic N) is 2. The molecule has 0 aliphatic carbocycles. The van der Waals surface area contributed by atoms with Gasteiger partial charge in [0.25, 0.3) is 0 Å². The maximum absolute atomic E-state index is 3.00. The molecule has 0 saturated carbocycles. The molecule has 0 bridgehead atoms. The summed E-state index contributed by atoms with van der Waals surface area (Å²) in [4.78, 5) is 1.45. The lowest BCUT2D eigenvalue weighted by Gasteiger charge is -2.44. The molecule has 0 radical (unpaired) electrons. The monoisotopic (exact) mass is 687 g/mol. The SMILES string of the molecule is C=C.CC.CC.CC.C\C=C/C(C)=C(C)/C(C)=[N+](/C)C1(CC)[n+]2cc(C)ccc2-c2cc(-c3cccc(S(C)(C)C)c3)ccc2C1(C)CC. The topological polar surface area (TPSA) is 6.89 Å². The minimum absolute atomic E-state index is 0.122. The van der Waals surface area contributed by atoms with E-state index in [1.165, 1.54) is 55.3 Å². The van der Waals surface area contributed by atoms with Crippen molar-refractivity contribution in [3.63, 3.8) is 0 Å². The smallest absolute Gasteiger partial charge is 0.223 e. The van der Waals surface area contributed by atoms with Gasteiger partial charge in [0.1, 0.15) is 12.5 Å². The molecule has 0 spiro atoms. The van der Waals surface area contributed by atoms with Crippen molar-refractivity contribution in [2.75, 3.05) is 25.8 Å². The number of rotatable bonds is 7. The first-order valence-electron chi connectivity index (χ1n) is 18.6. The Hall–Kier alpha value is -3.17. The second-order valence-corrected chi connectivity index (χ2v) is 17.0. The summed E-state index contributed by atoms with van der Waals surface area (Å²) in [6.45, 7) is 36.4. The van der Waals surface area contributed by atoms with Gasteiger partial charge in [0, 0.05) is 24.1 Å². The van der Waals surface area contributed by atoms with Crippen molar-refractivity contribution in [2.45, 2.75) is 126 Å². The molecular weight excluding hydrogens is 613 g/mol. The van der Waals surface area contributed by atoms with Crippen LogP contribution < -0.4 is 4.57 Å². The number of fused-ring (bicyclic) bond motifs is 3. The van der Waals surface area contributed by atoms with E-state index in [1.807, 2.05) is 41.5 Å². The maximum Gasteiger partial charge on any atom is 0.365 e. The van der Waals surface area contributed by atoms with Gasteiger partial charge in [-0.2, -0.15) is 4.58 Å². The van der Waals surface area contributed by atoms with Crippen molar-refractivity contribution in [3.05, 3.63) is 108 Å². The average molecular weight is 687 g/mol. The standard InChI is InChI=1S/C38H52N2S.3C2H6.C2H4/c1-13-17-28(5)29(6)30(7)39(9)38(15-3)37(8,14-2)35-22-21-32(31-18-16-19-33(24-31)41(10,11)12)25-34(35)36-23-20-27(4)26-40(36)38;4*1-2/h13,16-26H,14-15H2,1-12H3;3*1-2H3;1-2H2/q+2;;;;/b17-13-,29-28+,39-30-;;;;. The minimum atomic E-state index is -0.800. The zero-order valence-electron chi connectivity index (χ0n) is 35.1. The third-order valence-electron chi connectivity index (χ3n) is 9.95. The number of hydrogen-bond acceptors (Lipinski definition) is 0. The minimum Gasteiger partial charge on any atom is -0.223 e. The summed E-state index contributed by atoms with van der Waals surface area (Å²) in [5.41, 5.74) is 11.6. The van der Waals surface area contributed by atoms with E-state index in [9.17, 15) is 0 Å². The van der Waals surface area contributed by atoms with Crippen molar-refractivity contribution in [1.29, 1.82) is 0 Å². The van der Waals surface area contributed by atoms with Crippen LogP contribution >= 0.6 is 10.0 Å². The quantitative estimate of drug-likeness (QED) is 0.101. The van der Waals surface area contributed by atoms with Gasteiger partial charge in [0.15, 0.2) is 11.9 Å². The Labute approximate surface area is 306 Å². The normalized spacial score (nSPS) is 19.0. The fourth-order valence-electron chi connectivity index (χ4n) is 7.08. The van der Waals surface area contributed by atoms with Gasteiger partial charge in [-0.05, 0) is 105 Å². The largest absolute Gasteiger partial charge is 0.365 e. The van der Waals surface area contributed by atoms with E-state index in [0.717, 1.165) is 12.8 Å². The van der Waals surface area contributed by atoms with Crippen molar-refractivity contribution in [1.82, 2.24) is 0 Å². The average Bonchev–Trinajstić information content (AvgIpc) is 3.14. The molecule has 4 rings (SSSR count). The van der Waals surface area contributed by atoms with E-state index in [4.69, 9.17) is 0 Å². The second-order valence-electron chi connectivity index (χ2n) is 12.9. The van der Waals surface area contributed by atoms with Gasteiger partial charge >= 0.3 is 5.66 Å². The molecule has 3 heteroatoms. The van der Waals surface area contributed by atoms with Crippen LogP contribution in [-0.4, -0.2) is 36.1 Å². The van der Waals surface area contributed by atoms with Crippen molar-refractivity contribution in [3.8, 4) is 22.4 Å². The van der Waals surface area contributed by atoms with Gasteiger partial charge in [-0.25, -0.2) is 10.0 Å². The number of aromatic nitrogens is 1. The van der Waals surface area contributed by atoms with Gasteiger partial charge in [0.05, 0.1) is 12.0 Å². The molecule has 0 amide bonds. The Morgan fingerprint density at radius 2 is 1.41 bits per heavy atom. The molecule has 1 aliphatic rings. The highest BCUT2D eigenvalue weighted by atomic mass is 32.3. The molecule has 0 saturated heterocycles. The second kappa shape index (κ2) is 20.5. The Balaban J connectivity index is 0.00000268. The summed E-state index contributed by atoms with van der Waals surface area (Å²) in [5.74, 6) is 0. The zero-order chi connectivity index (χ0) is 38.3. The van der Waals surface area contributed by atoms with Crippen LogP contribution in [0.1, 0.15) is 114 Å². The zero-order valence-corrected chi connectivity index (χ0v) is 35.9. The third-order valence-corrected chi connectivity index (χ3v) is 11.6. The molecule has 2 aromatic carbocycles. The van der Waals surface area contributed by atoms with Crippen LogP contribution in [-0.2, 0) is 11.1 Å². The van der Waals surface area contributed by atoms with E-state index in [-0.39, 0.29) is 11.1 Å². The molecule has 272 valence electrons. The van der Waals surface area contributed by atoms with Gasteiger partial charge in [0.2, 0.25) is 5.69 Å². The predicted molar refractivity (Wildman–Crippen MR) is 227 cm³/mol. The van der Waals surface area contributed by atoms with Crippen LogP contribution in [0.5, 0.6) is 0 Å².